The Bertz CT molecular complexity index is 1440. The molecule has 208 valence electrons. The summed E-state index contributed by atoms with van der Waals surface area (Å²) in [5.41, 5.74) is 2.13. The second-order valence-electron chi connectivity index (χ2n) is 9.21. The minimum Gasteiger partial charge on any atom is -0.362 e. The van der Waals surface area contributed by atoms with Gasteiger partial charge in [-0.15, -0.1) is 0 Å². The molecule has 0 fully saturated rings. The molecular weight excluding hydrogens is 533 g/mol. The van der Waals surface area contributed by atoms with Crippen LogP contribution >= 0.6 is 0 Å². The van der Waals surface area contributed by atoms with Gasteiger partial charge in [0.05, 0.1) is 21.1 Å². The van der Waals surface area contributed by atoms with Gasteiger partial charge in [-0.25, -0.2) is 13.4 Å². The van der Waals surface area contributed by atoms with Crippen LogP contribution in [-0.4, -0.2) is 48.5 Å². The van der Waals surface area contributed by atoms with Gasteiger partial charge in [-0.1, -0.05) is 18.2 Å². The van der Waals surface area contributed by atoms with Crippen LogP contribution in [0.1, 0.15) is 29.2 Å². The van der Waals surface area contributed by atoms with Crippen LogP contribution in [0.4, 0.5) is 24.5 Å². The lowest BCUT2D eigenvalue weighted by molar-refractivity contribution is -0.384. The SMILES string of the molecule is CC(=Nc1cc(C)cc(C)c1)N(C)CCN(Cc1ccc(C(F)(F)F)cc1)S(=O)(=O)c1ccc([N+](=O)[O-])cc1. The molecule has 0 aliphatic rings. The van der Waals surface area contributed by atoms with Crippen LogP contribution in [0.25, 0.3) is 0 Å². The van der Waals surface area contributed by atoms with Gasteiger partial charge in [-0.2, -0.15) is 17.5 Å². The molecule has 3 aromatic carbocycles. The van der Waals surface area contributed by atoms with E-state index >= 15 is 0 Å². The highest BCUT2D eigenvalue weighted by atomic mass is 32.2. The number of halogens is 3. The topological polar surface area (TPSA) is 96.1 Å². The Morgan fingerprint density at radius 1 is 0.949 bits per heavy atom. The number of nitro benzene ring substituents is 1. The third-order valence-electron chi connectivity index (χ3n) is 6.06. The Kier molecular flexibility index (Phi) is 9.13. The summed E-state index contributed by atoms with van der Waals surface area (Å²) in [5.74, 6) is 0.641. The van der Waals surface area contributed by atoms with E-state index in [0.29, 0.717) is 11.4 Å². The molecule has 0 aromatic heterocycles. The summed E-state index contributed by atoms with van der Waals surface area (Å²) in [6, 6.07) is 14.6. The Hall–Kier alpha value is -3.77. The number of nitrogens with zero attached hydrogens (tertiary/aromatic N) is 4. The second-order valence-corrected chi connectivity index (χ2v) is 11.1. The predicted octanol–water partition coefficient (Wildman–Crippen LogP) is 6.10. The maximum Gasteiger partial charge on any atom is 0.416 e. The van der Waals surface area contributed by atoms with Crippen LogP contribution in [0.3, 0.4) is 0 Å². The average Bonchev–Trinajstić information content (AvgIpc) is 2.85. The maximum atomic E-state index is 13.5. The standard InChI is InChI=1S/C27H29F3N4O4S/c1-19-15-20(2)17-24(16-19)31-21(3)32(4)13-14-33(18-22-5-7-23(8-6-22)27(28,29)30)39(37,38)26-11-9-25(10-12-26)34(35)36/h5-12,15-17H,13-14,18H2,1-4H3. The number of aryl methyl sites for hydroxylation is 2. The molecule has 3 aromatic rings. The molecule has 0 bridgehead atoms. The minimum absolute atomic E-state index is 0.0173. The number of hydrogen-bond donors (Lipinski definition) is 0. The lowest BCUT2D eigenvalue weighted by Crippen LogP contribution is -2.38. The van der Waals surface area contributed by atoms with E-state index in [1.807, 2.05) is 32.0 Å². The molecule has 3 rings (SSSR count). The van der Waals surface area contributed by atoms with Crippen molar-refractivity contribution in [3.63, 3.8) is 0 Å². The molecule has 0 aliphatic heterocycles. The van der Waals surface area contributed by atoms with Gasteiger partial charge in [-0.05, 0) is 73.9 Å². The number of benzene rings is 3. The zero-order valence-corrected chi connectivity index (χ0v) is 22.8. The molecule has 0 atom stereocenters. The fourth-order valence-corrected chi connectivity index (χ4v) is 5.31. The lowest BCUT2D eigenvalue weighted by Gasteiger charge is -2.26. The number of likely N-dealkylation sites (N-methyl/N-ethyl adjacent to an activating group) is 1. The van der Waals surface area contributed by atoms with Crippen LogP contribution in [0, 0.1) is 24.0 Å². The van der Waals surface area contributed by atoms with Crippen LogP contribution in [0.2, 0.25) is 0 Å². The van der Waals surface area contributed by atoms with Gasteiger partial charge in [0, 0.05) is 38.8 Å². The zero-order valence-electron chi connectivity index (χ0n) is 21.9. The number of hydrogen-bond acceptors (Lipinski definition) is 5. The molecule has 0 saturated carbocycles. The number of non-ortho nitro benzene ring substituents is 1. The number of rotatable bonds is 9. The van der Waals surface area contributed by atoms with Gasteiger partial charge in [0.2, 0.25) is 10.0 Å². The quantitative estimate of drug-likeness (QED) is 0.136. The van der Waals surface area contributed by atoms with Crippen LogP contribution in [0.15, 0.2) is 76.6 Å². The van der Waals surface area contributed by atoms with Crippen molar-refractivity contribution < 1.29 is 26.5 Å². The Balaban J connectivity index is 1.87. The molecule has 0 radical (unpaired) electrons. The Labute approximate surface area is 225 Å². The summed E-state index contributed by atoms with van der Waals surface area (Å²) in [4.78, 5) is 16.6. The van der Waals surface area contributed by atoms with E-state index in [-0.39, 0.29) is 30.2 Å². The highest BCUT2D eigenvalue weighted by Crippen LogP contribution is 2.30. The summed E-state index contributed by atoms with van der Waals surface area (Å²) in [6.45, 7) is 5.74. The van der Waals surface area contributed by atoms with Crippen molar-refractivity contribution in [3.05, 3.63) is 99.1 Å². The fraction of sp³-hybridized carbons (Fsp3) is 0.296. The fourth-order valence-electron chi connectivity index (χ4n) is 3.89. The molecule has 0 aliphatic carbocycles. The molecule has 8 nitrogen and oxygen atoms in total. The van der Waals surface area contributed by atoms with E-state index in [0.717, 1.165) is 57.5 Å². The van der Waals surface area contributed by atoms with Gasteiger partial charge < -0.3 is 4.90 Å². The molecule has 0 amide bonds. The van der Waals surface area contributed by atoms with E-state index in [1.165, 1.54) is 12.1 Å². The number of alkyl halides is 3. The summed E-state index contributed by atoms with van der Waals surface area (Å²) in [7, 11) is -2.39. The molecule has 0 heterocycles. The van der Waals surface area contributed by atoms with E-state index in [9.17, 15) is 31.7 Å². The summed E-state index contributed by atoms with van der Waals surface area (Å²) >= 11 is 0. The van der Waals surface area contributed by atoms with E-state index in [1.54, 1.807) is 18.9 Å². The Morgan fingerprint density at radius 3 is 2.03 bits per heavy atom. The number of sulfonamides is 1. The molecule has 0 unspecified atom stereocenters. The first kappa shape index (κ1) is 29.8. The first-order chi connectivity index (χ1) is 18.2. The molecule has 0 N–H and O–H groups in total. The van der Waals surface area contributed by atoms with Gasteiger partial charge in [0.1, 0.15) is 5.84 Å². The summed E-state index contributed by atoms with van der Waals surface area (Å²) in [6.07, 6.45) is -4.52. The first-order valence-corrected chi connectivity index (χ1v) is 13.4. The Morgan fingerprint density at radius 2 is 1.51 bits per heavy atom. The van der Waals surface area contributed by atoms with Gasteiger partial charge in [0.15, 0.2) is 0 Å². The van der Waals surface area contributed by atoms with Crippen molar-refractivity contribution in [2.24, 2.45) is 4.99 Å². The van der Waals surface area contributed by atoms with Crippen molar-refractivity contribution in [1.82, 2.24) is 9.21 Å². The third kappa shape index (κ3) is 7.87. The molecule has 12 heteroatoms. The highest BCUT2D eigenvalue weighted by molar-refractivity contribution is 7.89. The van der Waals surface area contributed by atoms with Crippen molar-refractivity contribution >= 4 is 27.2 Å². The van der Waals surface area contributed by atoms with Crippen molar-refractivity contribution in [2.75, 3.05) is 20.1 Å². The second kappa shape index (κ2) is 12.0. The summed E-state index contributed by atoms with van der Waals surface area (Å²) in [5, 5.41) is 11.0. The monoisotopic (exact) mass is 562 g/mol. The lowest BCUT2D eigenvalue weighted by atomic mass is 10.1. The molecule has 0 saturated heterocycles. The van der Waals surface area contributed by atoms with Gasteiger partial charge in [-0.3, -0.25) is 10.1 Å². The normalized spacial score (nSPS) is 12.6. The van der Waals surface area contributed by atoms with Crippen LogP contribution < -0.4 is 0 Å². The van der Waals surface area contributed by atoms with E-state index in [4.69, 9.17) is 0 Å². The minimum atomic E-state index is -4.52. The van der Waals surface area contributed by atoms with Crippen molar-refractivity contribution in [1.29, 1.82) is 0 Å². The van der Waals surface area contributed by atoms with Crippen LogP contribution in [-0.2, 0) is 22.7 Å². The highest BCUT2D eigenvalue weighted by Gasteiger charge is 2.30. The molecule has 0 spiro atoms. The zero-order chi connectivity index (χ0) is 29.0. The first-order valence-electron chi connectivity index (χ1n) is 11.9. The van der Waals surface area contributed by atoms with Crippen LogP contribution in [0.5, 0.6) is 0 Å². The average molecular weight is 563 g/mol. The van der Waals surface area contributed by atoms with Gasteiger partial charge in [0.25, 0.3) is 5.69 Å². The molecular formula is C27H29F3N4O4S. The number of nitro groups is 1. The molecule has 39 heavy (non-hydrogen) atoms. The maximum absolute atomic E-state index is 13.5. The smallest absolute Gasteiger partial charge is 0.362 e. The number of aliphatic imine (C=N–C) groups is 1. The van der Waals surface area contributed by atoms with Gasteiger partial charge >= 0.3 is 6.18 Å². The number of amidine groups is 1. The van der Waals surface area contributed by atoms with Crippen molar-refractivity contribution in [3.8, 4) is 0 Å². The largest absolute Gasteiger partial charge is 0.416 e. The van der Waals surface area contributed by atoms with E-state index in [2.05, 4.69) is 4.99 Å². The summed E-state index contributed by atoms with van der Waals surface area (Å²) < 4.78 is 67.2. The van der Waals surface area contributed by atoms with Crippen molar-refractivity contribution in [2.45, 2.75) is 38.4 Å². The van der Waals surface area contributed by atoms with E-state index < -0.39 is 26.7 Å². The third-order valence-corrected chi connectivity index (χ3v) is 7.92. The predicted molar refractivity (Wildman–Crippen MR) is 143 cm³/mol.